The van der Waals surface area contributed by atoms with Gasteiger partial charge in [0.25, 0.3) is 4.88 Å². The molecule has 0 aliphatic rings. The van der Waals surface area contributed by atoms with Gasteiger partial charge in [0.2, 0.25) is 0 Å². The van der Waals surface area contributed by atoms with E-state index in [1.165, 1.54) is 15.3 Å². The average molecular weight is 345 g/mol. The SMILES string of the molecule is COc1ccc(-c2cc(-c3ccc(OC)cc3OC)s[s+]2)cc1. The largest absolute Gasteiger partial charge is 0.497 e. The van der Waals surface area contributed by atoms with Crippen molar-refractivity contribution in [2.24, 2.45) is 0 Å². The first-order valence-electron chi connectivity index (χ1n) is 7.05. The van der Waals surface area contributed by atoms with Crippen LogP contribution in [0.25, 0.3) is 20.9 Å². The minimum Gasteiger partial charge on any atom is -0.497 e. The summed E-state index contributed by atoms with van der Waals surface area (Å²) in [5, 5.41) is 0. The Bertz CT molecular complexity index is 794. The molecule has 0 aliphatic carbocycles. The van der Waals surface area contributed by atoms with E-state index >= 15 is 0 Å². The fourth-order valence-electron chi connectivity index (χ4n) is 2.27. The molecule has 0 spiro atoms. The molecule has 118 valence electrons. The van der Waals surface area contributed by atoms with Crippen LogP contribution in [-0.4, -0.2) is 21.3 Å². The topological polar surface area (TPSA) is 27.7 Å². The molecular formula is C18H17O3S2+. The van der Waals surface area contributed by atoms with E-state index in [9.17, 15) is 0 Å². The van der Waals surface area contributed by atoms with Crippen LogP contribution in [0.5, 0.6) is 17.2 Å². The highest BCUT2D eigenvalue weighted by Gasteiger charge is 2.19. The predicted molar refractivity (Wildman–Crippen MR) is 97.1 cm³/mol. The maximum absolute atomic E-state index is 5.50. The molecule has 3 aromatic rings. The fraction of sp³-hybridized carbons (Fsp3) is 0.167. The van der Waals surface area contributed by atoms with Gasteiger partial charge in [-0.1, -0.05) is 0 Å². The van der Waals surface area contributed by atoms with Crippen LogP contribution in [0.4, 0.5) is 0 Å². The fourth-order valence-corrected chi connectivity index (χ4v) is 4.73. The third kappa shape index (κ3) is 3.30. The number of hydrogen-bond acceptors (Lipinski definition) is 4. The molecule has 2 aromatic carbocycles. The van der Waals surface area contributed by atoms with E-state index in [0.717, 1.165) is 22.8 Å². The molecule has 1 aromatic heterocycles. The molecular weight excluding hydrogens is 328 g/mol. The Morgan fingerprint density at radius 3 is 2.13 bits per heavy atom. The highest BCUT2D eigenvalue weighted by atomic mass is 32.9. The van der Waals surface area contributed by atoms with Crippen molar-refractivity contribution in [1.29, 1.82) is 0 Å². The molecule has 0 saturated carbocycles. The van der Waals surface area contributed by atoms with Crippen molar-refractivity contribution in [2.75, 3.05) is 21.3 Å². The maximum atomic E-state index is 5.50. The Balaban J connectivity index is 1.95. The lowest BCUT2D eigenvalue weighted by atomic mass is 10.1. The van der Waals surface area contributed by atoms with Gasteiger partial charge in [0.1, 0.15) is 22.1 Å². The van der Waals surface area contributed by atoms with E-state index in [1.54, 1.807) is 42.0 Å². The van der Waals surface area contributed by atoms with Crippen molar-refractivity contribution in [1.82, 2.24) is 0 Å². The lowest BCUT2D eigenvalue weighted by Gasteiger charge is -2.07. The van der Waals surface area contributed by atoms with Gasteiger partial charge in [-0.25, -0.2) is 0 Å². The number of ether oxygens (including phenoxy) is 3. The van der Waals surface area contributed by atoms with E-state index in [4.69, 9.17) is 14.2 Å². The molecule has 0 amide bonds. The molecule has 0 saturated heterocycles. The first kappa shape index (κ1) is 15.8. The molecule has 0 atom stereocenters. The molecule has 0 unspecified atom stereocenters. The molecule has 0 radical (unpaired) electrons. The van der Waals surface area contributed by atoms with E-state index in [1.807, 2.05) is 30.3 Å². The Kier molecular flexibility index (Phi) is 4.79. The molecule has 3 nitrogen and oxygen atoms in total. The second kappa shape index (κ2) is 6.98. The monoisotopic (exact) mass is 345 g/mol. The molecule has 0 N–H and O–H groups in total. The van der Waals surface area contributed by atoms with Crippen LogP contribution < -0.4 is 14.2 Å². The summed E-state index contributed by atoms with van der Waals surface area (Å²) in [5.41, 5.74) is 2.26. The molecule has 1 heterocycles. The van der Waals surface area contributed by atoms with Crippen LogP contribution in [0.2, 0.25) is 0 Å². The van der Waals surface area contributed by atoms with E-state index in [2.05, 4.69) is 18.2 Å². The predicted octanol–water partition coefficient (Wildman–Crippen LogP) is 5.45. The molecule has 5 heteroatoms. The van der Waals surface area contributed by atoms with Crippen LogP contribution in [0.3, 0.4) is 0 Å². The van der Waals surface area contributed by atoms with Crippen molar-refractivity contribution in [3.63, 3.8) is 0 Å². The van der Waals surface area contributed by atoms with E-state index < -0.39 is 0 Å². The number of methoxy groups -OCH3 is 3. The van der Waals surface area contributed by atoms with Crippen molar-refractivity contribution in [2.45, 2.75) is 0 Å². The minimum atomic E-state index is 0.793. The van der Waals surface area contributed by atoms with Gasteiger partial charge in [-0.15, -0.1) is 0 Å². The third-order valence-corrected chi connectivity index (χ3v) is 5.99. The van der Waals surface area contributed by atoms with Crippen molar-refractivity contribution < 1.29 is 14.2 Å². The lowest BCUT2D eigenvalue weighted by Crippen LogP contribution is -1.89. The Labute approximate surface area is 143 Å². The van der Waals surface area contributed by atoms with Crippen molar-refractivity contribution >= 4 is 20.7 Å². The molecule has 0 fully saturated rings. The van der Waals surface area contributed by atoms with Gasteiger partial charge < -0.3 is 14.2 Å². The first-order valence-corrected chi connectivity index (χ1v) is 9.20. The molecule has 23 heavy (non-hydrogen) atoms. The van der Waals surface area contributed by atoms with Crippen LogP contribution in [0.15, 0.2) is 48.5 Å². The Morgan fingerprint density at radius 2 is 1.48 bits per heavy atom. The summed E-state index contributed by atoms with van der Waals surface area (Å²) < 4.78 is 16.0. The van der Waals surface area contributed by atoms with Crippen LogP contribution in [-0.2, 0) is 0 Å². The van der Waals surface area contributed by atoms with Gasteiger partial charge in [-0.2, -0.15) is 0 Å². The van der Waals surface area contributed by atoms with Gasteiger partial charge in [0.15, 0.2) is 10.3 Å². The number of rotatable bonds is 5. The Hall–Kier alpha value is -2.11. The van der Waals surface area contributed by atoms with E-state index in [0.29, 0.717) is 0 Å². The zero-order valence-electron chi connectivity index (χ0n) is 13.2. The van der Waals surface area contributed by atoms with Crippen molar-refractivity contribution in [3.8, 4) is 38.1 Å². The smallest absolute Gasteiger partial charge is 0.301 e. The quantitative estimate of drug-likeness (QED) is 0.454. The Morgan fingerprint density at radius 1 is 0.783 bits per heavy atom. The first-order chi connectivity index (χ1) is 11.2. The summed E-state index contributed by atoms with van der Waals surface area (Å²) in [6.07, 6.45) is 0. The summed E-state index contributed by atoms with van der Waals surface area (Å²) in [7, 11) is 8.51. The zero-order valence-corrected chi connectivity index (χ0v) is 14.8. The van der Waals surface area contributed by atoms with Crippen molar-refractivity contribution in [3.05, 3.63) is 48.5 Å². The summed E-state index contributed by atoms with van der Waals surface area (Å²) in [5.74, 6) is 2.48. The standard InChI is InChI=1S/C18H17O3S2/c1-19-13-6-4-12(5-7-13)17-11-18(23-22-17)15-9-8-14(20-2)10-16(15)21-3/h4-11H,1-3H3/q+1. The van der Waals surface area contributed by atoms with Crippen LogP contribution in [0, 0.1) is 0 Å². The summed E-state index contributed by atoms with van der Waals surface area (Å²) in [4.78, 5) is 2.41. The second-order valence-corrected chi connectivity index (χ2v) is 7.05. The summed E-state index contributed by atoms with van der Waals surface area (Å²) >= 11 is 0. The zero-order chi connectivity index (χ0) is 16.2. The van der Waals surface area contributed by atoms with Gasteiger partial charge in [-0.3, -0.25) is 0 Å². The lowest BCUT2D eigenvalue weighted by molar-refractivity contribution is 0.395. The number of hydrogen-bond donors (Lipinski definition) is 0. The molecule has 3 rings (SSSR count). The van der Waals surface area contributed by atoms with Crippen LogP contribution >= 0.6 is 20.7 Å². The highest BCUT2D eigenvalue weighted by Crippen LogP contribution is 2.42. The summed E-state index contributed by atoms with van der Waals surface area (Å²) in [6, 6.07) is 16.2. The minimum absolute atomic E-state index is 0.793. The maximum Gasteiger partial charge on any atom is 0.301 e. The third-order valence-electron chi connectivity index (χ3n) is 3.53. The number of benzene rings is 2. The summed E-state index contributed by atoms with van der Waals surface area (Å²) in [6.45, 7) is 0. The van der Waals surface area contributed by atoms with Crippen LogP contribution in [0.1, 0.15) is 0 Å². The molecule has 0 bridgehead atoms. The second-order valence-electron chi connectivity index (χ2n) is 4.83. The van der Waals surface area contributed by atoms with Gasteiger partial charge in [0.05, 0.1) is 21.3 Å². The molecule has 0 aliphatic heterocycles. The highest BCUT2D eigenvalue weighted by molar-refractivity contribution is 7.72. The van der Waals surface area contributed by atoms with Gasteiger partial charge in [-0.05, 0) is 36.4 Å². The van der Waals surface area contributed by atoms with E-state index in [-0.39, 0.29) is 0 Å². The van der Waals surface area contributed by atoms with Gasteiger partial charge in [0, 0.05) is 23.3 Å². The normalized spacial score (nSPS) is 10.4. The van der Waals surface area contributed by atoms with Gasteiger partial charge >= 0.3 is 10.3 Å². The average Bonchev–Trinajstić information content (AvgIpc) is 3.11.